The first kappa shape index (κ1) is 9.43. The molecule has 0 fully saturated rings. The molecule has 0 aromatic rings. The molecule has 0 radical (unpaired) electrons. The molecule has 60 valence electrons. The molecule has 0 spiro atoms. The molecule has 0 atom stereocenters. The van der Waals surface area contributed by atoms with Crippen molar-refractivity contribution in [1.29, 1.82) is 5.26 Å². The summed E-state index contributed by atoms with van der Waals surface area (Å²) in [5.74, 6) is -1.65. The fourth-order valence-electron chi connectivity index (χ4n) is 0.486. The van der Waals surface area contributed by atoms with Crippen LogP contribution in [0, 0.1) is 11.5 Å². The fourth-order valence-corrected chi connectivity index (χ4v) is 0.486. The van der Waals surface area contributed by atoms with Crippen LogP contribution in [0.2, 0.25) is 0 Å². The van der Waals surface area contributed by atoms with Crippen molar-refractivity contribution in [3.8, 4) is 6.26 Å². The topological polar surface area (TPSA) is 87.4 Å². The van der Waals surface area contributed by atoms with Gasteiger partial charge in [-0.3, -0.25) is 9.59 Å². The Hall–Kier alpha value is -1.57. The molecule has 0 bridgehead atoms. The predicted molar refractivity (Wildman–Crippen MR) is 33.2 cm³/mol. The summed E-state index contributed by atoms with van der Waals surface area (Å²) >= 11 is 0. The van der Waals surface area contributed by atoms with Crippen LogP contribution in [0.15, 0.2) is 0 Å². The molecule has 0 saturated heterocycles. The summed E-state index contributed by atoms with van der Waals surface area (Å²) in [5, 5.41) is 16.0. The van der Waals surface area contributed by atoms with Crippen LogP contribution in [0.4, 0.5) is 0 Å². The van der Waals surface area contributed by atoms with Crippen LogP contribution in [0.1, 0.15) is 19.3 Å². The van der Waals surface area contributed by atoms with Gasteiger partial charge in [0.15, 0.2) is 0 Å². The average Bonchev–Trinajstić information content (AvgIpc) is 1.87. The third-order valence-electron chi connectivity index (χ3n) is 0.931. The highest BCUT2D eigenvalue weighted by Crippen LogP contribution is 1.96. The number of carbonyl (C=O) groups excluding carboxylic acids is 1. The van der Waals surface area contributed by atoms with E-state index in [0.717, 1.165) is 0 Å². The van der Waals surface area contributed by atoms with Gasteiger partial charge in [-0.2, -0.15) is 0 Å². The Labute approximate surface area is 63.2 Å². The molecule has 0 aromatic heterocycles. The van der Waals surface area contributed by atoms with E-state index in [-0.39, 0.29) is 19.3 Å². The zero-order valence-electron chi connectivity index (χ0n) is 5.74. The normalized spacial score (nSPS) is 8.27. The van der Waals surface area contributed by atoms with Gasteiger partial charge < -0.3 is 9.84 Å². The van der Waals surface area contributed by atoms with Gasteiger partial charge in [-0.1, -0.05) is 0 Å². The molecule has 0 unspecified atom stereocenters. The van der Waals surface area contributed by atoms with Crippen LogP contribution < -0.4 is 0 Å². The lowest BCUT2D eigenvalue weighted by Crippen LogP contribution is -2.01. The van der Waals surface area contributed by atoms with Crippen molar-refractivity contribution < 1.29 is 19.4 Å². The number of ether oxygens (including phenoxy) is 1. The van der Waals surface area contributed by atoms with Crippen LogP contribution in [0.25, 0.3) is 0 Å². The van der Waals surface area contributed by atoms with Gasteiger partial charge in [0.1, 0.15) is 0 Å². The lowest BCUT2D eigenvalue weighted by molar-refractivity contribution is -0.138. The predicted octanol–water partition coefficient (Wildman–Crippen LogP) is 0.266. The van der Waals surface area contributed by atoms with Crippen LogP contribution in [-0.2, 0) is 14.3 Å². The van der Waals surface area contributed by atoms with E-state index < -0.39 is 11.9 Å². The SMILES string of the molecule is N#COC(=O)CCCC(=O)O. The summed E-state index contributed by atoms with van der Waals surface area (Å²) in [7, 11) is 0. The van der Waals surface area contributed by atoms with Crippen LogP contribution in [-0.4, -0.2) is 17.0 Å². The summed E-state index contributed by atoms with van der Waals surface area (Å²) < 4.78 is 3.90. The molecule has 0 aliphatic rings. The van der Waals surface area contributed by atoms with Crippen molar-refractivity contribution in [2.24, 2.45) is 0 Å². The van der Waals surface area contributed by atoms with Crippen molar-refractivity contribution in [2.75, 3.05) is 0 Å². The number of nitrogens with zero attached hydrogens (tertiary/aromatic N) is 1. The maximum atomic E-state index is 10.4. The monoisotopic (exact) mass is 157 g/mol. The molecule has 5 nitrogen and oxygen atoms in total. The number of aliphatic carboxylic acids is 1. The third kappa shape index (κ3) is 6.31. The van der Waals surface area contributed by atoms with Gasteiger partial charge in [-0.25, -0.2) is 0 Å². The summed E-state index contributed by atoms with van der Waals surface area (Å²) in [6.07, 6.45) is 1.30. The van der Waals surface area contributed by atoms with Crippen LogP contribution >= 0.6 is 0 Å². The molecule has 0 heterocycles. The van der Waals surface area contributed by atoms with Crippen molar-refractivity contribution in [3.05, 3.63) is 0 Å². The van der Waals surface area contributed by atoms with E-state index >= 15 is 0 Å². The molecule has 11 heavy (non-hydrogen) atoms. The standard InChI is InChI=1S/C6H7NO4/c7-4-11-6(10)3-1-2-5(8)9/h1-3H2,(H,8,9). The minimum Gasteiger partial charge on any atom is -0.481 e. The lowest BCUT2D eigenvalue weighted by Gasteiger charge is -1.92. The minimum atomic E-state index is -0.963. The van der Waals surface area contributed by atoms with Gasteiger partial charge in [0.05, 0.1) is 0 Å². The molecule has 0 saturated carbocycles. The largest absolute Gasteiger partial charge is 0.481 e. The van der Waals surface area contributed by atoms with E-state index in [2.05, 4.69) is 4.74 Å². The van der Waals surface area contributed by atoms with Gasteiger partial charge >= 0.3 is 11.9 Å². The number of hydrogen-bond acceptors (Lipinski definition) is 4. The highest BCUT2D eigenvalue weighted by molar-refractivity contribution is 5.72. The van der Waals surface area contributed by atoms with E-state index in [4.69, 9.17) is 10.4 Å². The Bertz CT molecular complexity index is 193. The molecule has 0 aromatic carbocycles. The van der Waals surface area contributed by atoms with Gasteiger partial charge in [-0.15, -0.1) is 5.26 Å². The molecule has 0 rings (SSSR count). The van der Waals surface area contributed by atoms with Gasteiger partial charge in [-0.05, 0) is 6.42 Å². The van der Waals surface area contributed by atoms with Crippen molar-refractivity contribution in [2.45, 2.75) is 19.3 Å². The first-order valence-corrected chi connectivity index (χ1v) is 2.97. The van der Waals surface area contributed by atoms with Crippen LogP contribution in [0.5, 0.6) is 0 Å². The zero-order valence-corrected chi connectivity index (χ0v) is 5.74. The van der Waals surface area contributed by atoms with Crippen molar-refractivity contribution in [1.82, 2.24) is 0 Å². The van der Waals surface area contributed by atoms with Crippen molar-refractivity contribution in [3.63, 3.8) is 0 Å². The third-order valence-corrected chi connectivity index (χ3v) is 0.931. The Balaban J connectivity index is 3.33. The van der Waals surface area contributed by atoms with E-state index in [1.165, 1.54) is 6.26 Å². The first-order valence-electron chi connectivity index (χ1n) is 2.97. The van der Waals surface area contributed by atoms with E-state index in [1.54, 1.807) is 0 Å². The number of carboxylic acid groups (broad SMARTS) is 1. The Morgan fingerprint density at radius 1 is 1.45 bits per heavy atom. The molecular formula is C6H7NO4. The average molecular weight is 157 g/mol. The molecular weight excluding hydrogens is 150 g/mol. The molecule has 1 N–H and O–H groups in total. The number of rotatable bonds is 4. The lowest BCUT2D eigenvalue weighted by atomic mass is 10.2. The number of nitriles is 1. The number of hydrogen-bond donors (Lipinski definition) is 1. The van der Waals surface area contributed by atoms with E-state index in [0.29, 0.717) is 0 Å². The fraction of sp³-hybridized carbons (Fsp3) is 0.500. The minimum absolute atomic E-state index is 0.0279. The number of esters is 1. The maximum absolute atomic E-state index is 10.4. The van der Waals surface area contributed by atoms with Gasteiger partial charge in [0.2, 0.25) is 0 Å². The second-order valence-electron chi connectivity index (χ2n) is 1.81. The van der Waals surface area contributed by atoms with Crippen LogP contribution in [0.3, 0.4) is 0 Å². The summed E-state index contributed by atoms with van der Waals surface area (Å²) in [4.78, 5) is 20.3. The summed E-state index contributed by atoms with van der Waals surface area (Å²) in [6, 6.07) is 0. The molecule has 5 heteroatoms. The first-order chi connectivity index (χ1) is 5.16. The number of carboxylic acids is 1. The summed E-state index contributed by atoms with van der Waals surface area (Å²) in [5.41, 5.74) is 0. The second-order valence-corrected chi connectivity index (χ2v) is 1.81. The molecule has 0 aliphatic heterocycles. The second kappa shape index (κ2) is 5.23. The molecule has 0 aliphatic carbocycles. The highest BCUT2D eigenvalue weighted by Gasteiger charge is 2.03. The van der Waals surface area contributed by atoms with Crippen molar-refractivity contribution >= 4 is 11.9 Å². The smallest absolute Gasteiger partial charge is 0.321 e. The Morgan fingerprint density at radius 3 is 2.55 bits per heavy atom. The van der Waals surface area contributed by atoms with Gasteiger partial charge in [0, 0.05) is 12.8 Å². The number of carbonyl (C=O) groups is 2. The van der Waals surface area contributed by atoms with Gasteiger partial charge in [0.25, 0.3) is 6.26 Å². The van der Waals surface area contributed by atoms with E-state index in [9.17, 15) is 9.59 Å². The Kier molecular flexibility index (Phi) is 4.49. The highest BCUT2D eigenvalue weighted by atomic mass is 16.5. The summed E-state index contributed by atoms with van der Waals surface area (Å²) in [6.45, 7) is 0. The zero-order chi connectivity index (χ0) is 8.69. The Morgan fingerprint density at radius 2 is 2.09 bits per heavy atom. The quantitative estimate of drug-likeness (QED) is 0.467. The molecule has 0 amide bonds. The maximum Gasteiger partial charge on any atom is 0.321 e. The van der Waals surface area contributed by atoms with E-state index in [1.807, 2.05) is 0 Å².